The van der Waals surface area contributed by atoms with Crippen molar-refractivity contribution in [2.24, 2.45) is 5.73 Å². The second-order valence-corrected chi connectivity index (χ2v) is 4.56. The van der Waals surface area contributed by atoms with E-state index < -0.39 is 0 Å². The van der Waals surface area contributed by atoms with Gasteiger partial charge in [0.2, 0.25) is 0 Å². The van der Waals surface area contributed by atoms with Crippen LogP contribution in [0.25, 0.3) is 0 Å². The Bertz CT molecular complexity index is 457. The minimum Gasteiger partial charge on any atom is -0.472 e. The van der Waals surface area contributed by atoms with Crippen LogP contribution in [0, 0.1) is 0 Å². The first-order valence-electron chi connectivity index (χ1n) is 5.66. The minimum absolute atomic E-state index is 0.0497. The molecule has 0 saturated heterocycles. The highest BCUT2D eigenvalue weighted by atomic mass is 16.3. The van der Waals surface area contributed by atoms with Gasteiger partial charge in [-0.05, 0) is 24.5 Å². The summed E-state index contributed by atoms with van der Waals surface area (Å²) in [5.41, 5.74) is 8.94. The van der Waals surface area contributed by atoms with Gasteiger partial charge in [0.1, 0.15) is 0 Å². The molecule has 1 heterocycles. The van der Waals surface area contributed by atoms with Crippen molar-refractivity contribution in [1.82, 2.24) is 0 Å². The summed E-state index contributed by atoms with van der Waals surface area (Å²) in [4.78, 5) is 0. The lowest BCUT2D eigenvalue weighted by atomic mass is 9.85. The summed E-state index contributed by atoms with van der Waals surface area (Å²) < 4.78 is 5.11. The lowest BCUT2D eigenvalue weighted by Crippen LogP contribution is -2.25. The zero-order valence-corrected chi connectivity index (χ0v) is 9.10. The highest BCUT2D eigenvalue weighted by Crippen LogP contribution is 2.55. The number of hydrogen-bond acceptors (Lipinski definition) is 2. The molecule has 2 nitrogen and oxygen atoms in total. The molecule has 1 atom stereocenters. The molecular weight excluding hydrogens is 198 g/mol. The smallest absolute Gasteiger partial charge is 0.0950 e. The summed E-state index contributed by atoms with van der Waals surface area (Å²) in [5, 5.41) is 0. The van der Waals surface area contributed by atoms with Gasteiger partial charge in [-0.15, -0.1) is 0 Å². The van der Waals surface area contributed by atoms with Gasteiger partial charge in [0.05, 0.1) is 12.5 Å². The molecule has 82 valence electrons. The molecule has 1 fully saturated rings. The van der Waals surface area contributed by atoms with Crippen LogP contribution >= 0.6 is 0 Å². The predicted octanol–water partition coefficient (Wildman–Crippen LogP) is 3.01. The number of benzene rings is 1. The van der Waals surface area contributed by atoms with Gasteiger partial charge in [-0.2, -0.15) is 0 Å². The van der Waals surface area contributed by atoms with Gasteiger partial charge < -0.3 is 10.2 Å². The molecule has 3 rings (SSSR count). The largest absolute Gasteiger partial charge is 0.472 e. The van der Waals surface area contributed by atoms with Crippen LogP contribution in [0.4, 0.5) is 0 Å². The Kier molecular flexibility index (Phi) is 2.11. The fourth-order valence-electron chi connectivity index (χ4n) is 2.45. The van der Waals surface area contributed by atoms with E-state index in [1.807, 2.05) is 12.1 Å². The van der Waals surface area contributed by atoms with Crippen LogP contribution in [0.1, 0.15) is 30.0 Å². The van der Waals surface area contributed by atoms with Gasteiger partial charge in [0, 0.05) is 17.0 Å². The van der Waals surface area contributed by atoms with E-state index in [4.69, 9.17) is 10.2 Å². The molecular formula is C14H15NO. The standard InChI is InChI=1S/C14H15NO/c15-13(11-6-9-16-10-11)14(7-8-14)12-4-2-1-3-5-12/h1-6,9-10,13H,7-8,15H2. The van der Waals surface area contributed by atoms with Crippen LogP contribution in [0.5, 0.6) is 0 Å². The maximum Gasteiger partial charge on any atom is 0.0950 e. The maximum atomic E-state index is 6.35. The fourth-order valence-corrected chi connectivity index (χ4v) is 2.45. The quantitative estimate of drug-likeness (QED) is 0.851. The Morgan fingerprint density at radius 2 is 1.88 bits per heavy atom. The van der Waals surface area contributed by atoms with E-state index in [-0.39, 0.29) is 11.5 Å². The van der Waals surface area contributed by atoms with Crippen molar-refractivity contribution in [3.05, 3.63) is 60.1 Å². The highest BCUT2D eigenvalue weighted by molar-refractivity contribution is 5.37. The Hall–Kier alpha value is -1.54. The Balaban J connectivity index is 1.95. The predicted molar refractivity (Wildman–Crippen MR) is 63.0 cm³/mol. The average molecular weight is 213 g/mol. The van der Waals surface area contributed by atoms with Gasteiger partial charge in [-0.3, -0.25) is 0 Å². The molecule has 1 saturated carbocycles. The van der Waals surface area contributed by atoms with E-state index in [1.165, 1.54) is 18.4 Å². The first-order chi connectivity index (χ1) is 7.83. The van der Waals surface area contributed by atoms with Gasteiger partial charge in [0.25, 0.3) is 0 Å². The Morgan fingerprint density at radius 3 is 2.44 bits per heavy atom. The van der Waals surface area contributed by atoms with Crippen LogP contribution in [0.15, 0.2) is 53.3 Å². The molecule has 2 aromatic rings. The lowest BCUT2D eigenvalue weighted by molar-refractivity contribution is 0.520. The monoisotopic (exact) mass is 213 g/mol. The first-order valence-corrected chi connectivity index (χ1v) is 5.66. The lowest BCUT2D eigenvalue weighted by Gasteiger charge is -2.22. The second-order valence-electron chi connectivity index (χ2n) is 4.56. The summed E-state index contributed by atoms with van der Waals surface area (Å²) in [6.07, 6.45) is 5.79. The third-order valence-electron chi connectivity index (χ3n) is 3.64. The third kappa shape index (κ3) is 1.38. The normalized spacial score (nSPS) is 19.3. The summed E-state index contributed by atoms with van der Waals surface area (Å²) >= 11 is 0. The molecule has 1 aliphatic carbocycles. The van der Waals surface area contributed by atoms with Gasteiger partial charge >= 0.3 is 0 Å². The molecule has 0 spiro atoms. The van der Waals surface area contributed by atoms with E-state index in [0.29, 0.717) is 0 Å². The molecule has 1 unspecified atom stereocenters. The van der Waals surface area contributed by atoms with Crippen LogP contribution in [-0.4, -0.2) is 0 Å². The SMILES string of the molecule is NC(c1ccoc1)C1(c2ccccc2)CC1. The zero-order chi connectivity index (χ0) is 11.0. The van der Waals surface area contributed by atoms with Crippen LogP contribution in [-0.2, 0) is 5.41 Å². The molecule has 0 radical (unpaired) electrons. The van der Waals surface area contributed by atoms with Crippen molar-refractivity contribution in [3.8, 4) is 0 Å². The zero-order valence-electron chi connectivity index (χ0n) is 9.10. The molecule has 2 N–H and O–H groups in total. The van der Waals surface area contributed by atoms with Gasteiger partial charge in [-0.1, -0.05) is 30.3 Å². The summed E-state index contributed by atoms with van der Waals surface area (Å²) in [6.45, 7) is 0. The summed E-state index contributed by atoms with van der Waals surface area (Å²) in [5.74, 6) is 0. The van der Waals surface area contributed by atoms with Crippen LogP contribution < -0.4 is 5.73 Å². The number of nitrogens with two attached hydrogens (primary N) is 1. The fraction of sp³-hybridized carbons (Fsp3) is 0.286. The topological polar surface area (TPSA) is 39.2 Å². The first kappa shape index (κ1) is 9.67. The summed E-state index contributed by atoms with van der Waals surface area (Å²) in [6, 6.07) is 12.6. The molecule has 16 heavy (non-hydrogen) atoms. The molecule has 1 aliphatic rings. The third-order valence-corrected chi connectivity index (χ3v) is 3.64. The maximum absolute atomic E-state index is 6.35. The Morgan fingerprint density at radius 1 is 1.12 bits per heavy atom. The van der Waals surface area contributed by atoms with E-state index in [9.17, 15) is 0 Å². The molecule has 0 bridgehead atoms. The van der Waals surface area contributed by atoms with Crippen molar-refractivity contribution in [3.63, 3.8) is 0 Å². The van der Waals surface area contributed by atoms with Crippen LogP contribution in [0.2, 0.25) is 0 Å². The molecule has 0 amide bonds. The van der Waals surface area contributed by atoms with Crippen molar-refractivity contribution in [1.29, 1.82) is 0 Å². The van der Waals surface area contributed by atoms with Gasteiger partial charge in [0.15, 0.2) is 0 Å². The van der Waals surface area contributed by atoms with Crippen molar-refractivity contribution in [2.75, 3.05) is 0 Å². The van der Waals surface area contributed by atoms with Crippen molar-refractivity contribution >= 4 is 0 Å². The average Bonchev–Trinajstić information content (AvgIpc) is 2.97. The van der Waals surface area contributed by atoms with Gasteiger partial charge in [-0.25, -0.2) is 0 Å². The van der Waals surface area contributed by atoms with E-state index in [2.05, 4.69) is 24.3 Å². The number of furan rings is 1. The molecule has 2 heteroatoms. The van der Waals surface area contributed by atoms with E-state index in [0.717, 1.165) is 5.56 Å². The molecule has 0 aliphatic heterocycles. The van der Waals surface area contributed by atoms with Crippen LogP contribution in [0.3, 0.4) is 0 Å². The summed E-state index contributed by atoms with van der Waals surface area (Å²) in [7, 11) is 0. The van der Waals surface area contributed by atoms with E-state index in [1.54, 1.807) is 12.5 Å². The minimum atomic E-state index is 0.0497. The molecule has 1 aromatic heterocycles. The second kappa shape index (κ2) is 3.49. The van der Waals surface area contributed by atoms with Crippen molar-refractivity contribution in [2.45, 2.75) is 24.3 Å². The molecule has 1 aromatic carbocycles. The number of rotatable bonds is 3. The number of hydrogen-bond donors (Lipinski definition) is 1. The highest BCUT2D eigenvalue weighted by Gasteiger charge is 2.49. The van der Waals surface area contributed by atoms with E-state index >= 15 is 0 Å². The Labute approximate surface area is 95.1 Å². The van der Waals surface area contributed by atoms with Crippen molar-refractivity contribution < 1.29 is 4.42 Å².